The number of hydrogen-bond donors (Lipinski definition) is 2. The quantitative estimate of drug-likeness (QED) is 0.570. The Morgan fingerprint density at radius 3 is 3.10 bits per heavy atom. The van der Waals surface area contributed by atoms with E-state index in [0.29, 0.717) is 6.54 Å². The highest BCUT2D eigenvalue weighted by molar-refractivity contribution is 5.64. The van der Waals surface area contributed by atoms with Crippen molar-refractivity contribution in [1.29, 1.82) is 0 Å². The first-order valence-electron chi connectivity index (χ1n) is 3.44. The van der Waals surface area contributed by atoms with Gasteiger partial charge in [-0.05, 0) is 19.3 Å². The third-order valence-electron chi connectivity index (χ3n) is 1.60. The van der Waals surface area contributed by atoms with E-state index in [1.54, 1.807) is 0 Å². The average molecular weight is 141 g/mol. The first-order valence-corrected chi connectivity index (χ1v) is 3.44. The van der Waals surface area contributed by atoms with Gasteiger partial charge in [0, 0.05) is 6.54 Å². The molecule has 0 atom stereocenters. The summed E-state index contributed by atoms with van der Waals surface area (Å²) in [5.74, 6) is 0. The zero-order chi connectivity index (χ0) is 7.40. The van der Waals surface area contributed by atoms with Crippen LogP contribution in [0.25, 0.3) is 0 Å². The predicted molar refractivity (Wildman–Crippen MR) is 38.0 cm³/mol. The Hall–Kier alpha value is -0.990. The lowest BCUT2D eigenvalue weighted by Crippen LogP contribution is -2.22. The van der Waals surface area contributed by atoms with Gasteiger partial charge in [-0.15, -0.1) is 0 Å². The molecule has 1 rings (SSSR count). The molecule has 0 fully saturated rings. The normalized spacial score (nSPS) is 16.6. The van der Waals surface area contributed by atoms with Crippen molar-refractivity contribution in [1.82, 2.24) is 5.32 Å². The fraction of sp³-hybridized carbons (Fsp3) is 0.571. The van der Waals surface area contributed by atoms with E-state index in [0.717, 1.165) is 12.8 Å². The molecule has 0 saturated heterocycles. The summed E-state index contributed by atoms with van der Waals surface area (Å²) in [6.07, 6.45) is 4.51. The van der Waals surface area contributed by atoms with E-state index in [9.17, 15) is 4.79 Å². The van der Waals surface area contributed by atoms with E-state index < -0.39 is 6.09 Å². The van der Waals surface area contributed by atoms with Crippen molar-refractivity contribution in [3.05, 3.63) is 11.6 Å². The molecule has 3 nitrogen and oxygen atoms in total. The lowest BCUT2D eigenvalue weighted by Gasteiger charge is -1.99. The summed E-state index contributed by atoms with van der Waals surface area (Å²) in [6, 6.07) is 0. The first-order chi connectivity index (χ1) is 4.79. The Morgan fingerprint density at radius 1 is 1.80 bits per heavy atom. The summed E-state index contributed by atoms with van der Waals surface area (Å²) in [6.45, 7) is 0.509. The molecule has 56 valence electrons. The van der Waals surface area contributed by atoms with Crippen LogP contribution in [-0.2, 0) is 0 Å². The topological polar surface area (TPSA) is 49.3 Å². The average Bonchev–Trinajstić information content (AvgIpc) is 2.34. The predicted octanol–water partition coefficient (Wildman–Crippen LogP) is 1.36. The second-order valence-corrected chi connectivity index (χ2v) is 2.41. The second-order valence-electron chi connectivity index (χ2n) is 2.41. The summed E-state index contributed by atoms with van der Waals surface area (Å²) in [5.41, 5.74) is 1.22. The molecular formula is C7H11NO2. The molecule has 0 aromatic rings. The van der Waals surface area contributed by atoms with E-state index in [1.165, 1.54) is 12.0 Å². The Balaban J connectivity index is 2.19. The van der Waals surface area contributed by atoms with Crippen LogP contribution in [0.2, 0.25) is 0 Å². The third-order valence-corrected chi connectivity index (χ3v) is 1.60. The van der Waals surface area contributed by atoms with Crippen LogP contribution >= 0.6 is 0 Å². The highest BCUT2D eigenvalue weighted by Crippen LogP contribution is 2.15. The van der Waals surface area contributed by atoms with Crippen LogP contribution in [0.3, 0.4) is 0 Å². The molecule has 3 heteroatoms. The van der Waals surface area contributed by atoms with Crippen molar-refractivity contribution in [2.75, 3.05) is 6.54 Å². The van der Waals surface area contributed by atoms with Crippen molar-refractivity contribution in [3.63, 3.8) is 0 Å². The number of allylic oxidation sites excluding steroid dienone is 1. The molecule has 1 amide bonds. The zero-order valence-corrected chi connectivity index (χ0v) is 5.76. The largest absolute Gasteiger partial charge is 0.465 e. The van der Waals surface area contributed by atoms with Crippen LogP contribution in [0.15, 0.2) is 11.6 Å². The fourth-order valence-electron chi connectivity index (χ4n) is 1.09. The Morgan fingerprint density at radius 2 is 2.60 bits per heavy atom. The zero-order valence-electron chi connectivity index (χ0n) is 5.76. The number of rotatable bonds is 2. The van der Waals surface area contributed by atoms with Gasteiger partial charge in [0.1, 0.15) is 0 Å². The Labute approximate surface area is 59.7 Å². The van der Waals surface area contributed by atoms with Crippen molar-refractivity contribution >= 4 is 6.09 Å². The minimum atomic E-state index is -0.937. The van der Waals surface area contributed by atoms with Crippen molar-refractivity contribution in [3.8, 4) is 0 Å². The molecular weight excluding hydrogens is 130 g/mol. The highest BCUT2D eigenvalue weighted by atomic mass is 16.4. The molecule has 1 aliphatic carbocycles. The smallest absolute Gasteiger partial charge is 0.404 e. The van der Waals surface area contributed by atoms with Gasteiger partial charge in [0.05, 0.1) is 0 Å². The third kappa shape index (κ3) is 2.09. The molecule has 0 aromatic carbocycles. The number of amides is 1. The molecule has 0 heterocycles. The summed E-state index contributed by atoms with van der Waals surface area (Å²) in [7, 11) is 0. The van der Waals surface area contributed by atoms with Gasteiger partial charge in [-0.2, -0.15) is 0 Å². The van der Waals surface area contributed by atoms with Crippen molar-refractivity contribution in [2.45, 2.75) is 19.3 Å². The van der Waals surface area contributed by atoms with Gasteiger partial charge >= 0.3 is 6.09 Å². The van der Waals surface area contributed by atoms with Gasteiger partial charge in [0.2, 0.25) is 0 Å². The summed E-state index contributed by atoms with van der Waals surface area (Å²) < 4.78 is 0. The summed E-state index contributed by atoms with van der Waals surface area (Å²) in [4.78, 5) is 10.0. The molecule has 0 radical (unpaired) electrons. The van der Waals surface area contributed by atoms with Gasteiger partial charge in [0.15, 0.2) is 0 Å². The minimum Gasteiger partial charge on any atom is -0.465 e. The summed E-state index contributed by atoms with van der Waals surface area (Å²) >= 11 is 0. The molecule has 1 aliphatic rings. The van der Waals surface area contributed by atoms with Crippen LogP contribution in [-0.4, -0.2) is 17.7 Å². The van der Waals surface area contributed by atoms with E-state index in [2.05, 4.69) is 11.4 Å². The maximum Gasteiger partial charge on any atom is 0.404 e. The van der Waals surface area contributed by atoms with E-state index in [-0.39, 0.29) is 0 Å². The van der Waals surface area contributed by atoms with Crippen molar-refractivity contribution in [2.24, 2.45) is 0 Å². The second kappa shape index (κ2) is 3.25. The first kappa shape index (κ1) is 7.12. The van der Waals surface area contributed by atoms with Gasteiger partial charge in [-0.3, -0.25) is 0 Å². The van der Waals surface area contributed by atoms with Gasteiger partial charge in [0.25, 0.3) is 0 Å². The minimum absolute atomic E-state index is 0.509. The van der Waals surface area contributed by atoms with Crippen molar-refractivity contribution < 1.29 is 9.90 Å². The molecule has 0 aromatic heterocycles. The highest BCUT2D eigenvalue weighted by Gasteiger charge is 2.04. The Kier molecular flexibility index (Phi) is 2.31. The lowest BCUT2D eigenvalue weighted by atomic mass is 10.2. The van der Waals surface area contributed by atoms with Crippen LogP contribution in [0.5, 0.6) is 0 Å². The molecule has 0 bridgehead atoms. The van der Waals surface area contributed by atoms with Crippen LogP contribution in [0.4, 0.5) is 4.79 Å². The van der Waals surface area contributed by atoms with Crippen LogP contribution < -0.4 is 5.32 Å². The molecule has 0 saturated carbocycles. The lowest BCUT2D eigenvalue weighted by molar-refractivity contribution is 0.195. The van der Waals surface area contributed by atoms with Gasteiger partial charge in [-0.25, -0.2) is 4.79 Å². The number of hydrogen-bond acceptors (Lipinski definition) is 1. The maximum absolute atomic E-state index is 10.0. The Bertz CT molecular complexity index is 163. The standard InChI is InChI=1S/C7H11NO2/c9-7(10)8-5-6-3-1-2-4-6/h3,8H,1-2,4-5H2,(H,9,10). The SMILES string of the molecule is O=C(O)NCC1=CCCC1. The van der Waals surface area contributed by atoms with Crippen LogP contribution in [0, 0.1) is 0 Å². The molecule has 2 N–H and O–H groups in total. The van der Waals surface area contributed by atoms with Gasteiger partial charge < -0.3 is 10.4 Å². The molecule has 0 spiro atoms. The number of carboxylic acid groups (broad SMARTS) is 1. The van der Waals surface area contributed by atoms with E-state index >= 15 is 0 Å². The summed E-state index contributed by atoms with van der Waals surface area (Å²) in [5, 5.41) is 10.6. The van der Waals surface area contributed by atoms with E-state index in [1.807, 2.05) is 0 Å². The molecule has 0 unspecified atom stereocenters. The molecule has 10 heavy (non-hydrogen) atoms. The monoisotopic (exact) mass is 141 g/mol. The number of nitrogens with one attached hydrogen (secondary N) is 1. The molecule has 0 aliphatic heterocycles. The maximum atomic E-state index is 10.0. The van der Waals surface area contributed by atoms with Gasteiger partial charge in [-0.1, -0.05) is 11.6 Å². The van der Waals surface area contributed by atoms with E-state index in [4.69, 9.17) is 5.11 Å². The van der Waals surface area contributed by atoms with Crippen LogP contribution in [0.1, 0.15) is 19.3 Å². The number of carbonyl (C=O) groups is 1. The fourth-order valence-corrected chi connectivity index (χ4v) is 1.09.